The standard InChI is InChI=1S/C14H18F2N2O/c1-10(11-5-3-4-6-12(11)15)18(2)13(19)14(16)7-8-17-9-14/h3-6,10,17H,7-9H2,1-2H3/t10-,14-/m1/s1. The number of hydrogen-bond donors (Lipinski definition) is 1. The van der Waals surface area contributed by atoms with E-state index in [0.29, 0.717) is 12.1 Å². The van der Waals surface area contributed by atoms with Crippen LogP contribution in [0.1, 0.15) is 24.9 Å². The molecule has 1 fully saturated rings. The highest BCUT2D eigenvalue weighted by Gasteiger charge is 2.44. The molecule has 2 atom stereocenters. The molecule has 1 aromatic rings. The molecule has 19 heavy (non-hydrogen) atoms. The van der Waals surface area contributed by atoms with E-state index in [0.717, 1.165) is 0 Å². The highest BCUT2D eigenvalue weighted by atomic mass is 19.1. The summed E-state index contributed by atoms with van der Waals surface area (Å²) in [6, 6.07) is 5.75. The normalized spacial score (nSPS) is 24.2. The Morgan fingerprint density at radius 3 is 2.74 bits per heavy atom. The summed E-state index contributed by atoms with van der Waals surface area (Å²) in [5.74, 6) is -0.972. The predicted molar refractivity (Wildman–Crippen MR) is 68.9 cm³/mol. The molecule has 0 spiro atoms. The molecule has 1 aliphatic rings. The van der Waals surface area contributed by atoms with Gasteiger partial charge in [-0.1, -0.05) is 18.2 Å². The van der Waals surface area contributed by atoms with Gasteiger partial charge in [0, 0.05) is 25.6 Å². The van der Waals surface area contributed by atoms with Crippen molar-refractivity contribution in [1.29, 1.82) is 0 Å². The third kappa shape index (κ3) is 2.61. The van der Waals surface area contributed by atoms with Gasteiger partial charge >= 0.3 is 0 Å². The quantitative estimate of drug-likeness (QED) is 0.910. The minimum absolute atomic E-state index is 0.0279. The van der Waals surface area contributed by atoms with Gasteiger partial charge in [-0.2, -0.15) is 0 Å². The Bertz CT molecular complexity index is 472. The van der Waals surface area contributed by atoms with Crippen LogP contribution in [0, 0.1) is 5.82 Å². The lowest BCUT2D eigenvalue weighted by atomic mass is 10.0. The second-order valence-corrected chi connectivity index (χ2v) is 5.01. The van der Waals surface area contributed by atoms with Gasteiger partial charge in [-0.25, -0.2) is 8.78 Å². The van der Waals surface area contributed by atoms with Gasteiger partial charge in [-0.3, -0.25) is 4.79 Å². The van der Waals surface area contributed by atoms with Gasteiger partial charge in [0.15, 0.2) is 0 Å². The number of halogens is 2. The van der Waals surface area contributed by atoms with E-state index in [-0.39, 0.29) is 18.8 Å². The van der Waals surface area contributed by atoms with E-state index in [1.54, 1.807) is 25.1 Å². The maximum absolute atomic E-state index is 14.4. The highest BCUT2D eigenvalue weighted by Crippen LogP contribution is 2.28. The monoisotopic (exact) mass is 268 g/mol. The van der Waals surface area contributed by atoms with Crippen molar-refractivity contribution in [2.45, 2.75) is 25.1 Å². The zero-order valence-electron chi connectivity index (χ0n) is 11.1. The van der Waals surface area contributed by atoms with Crippen LogP contribution in [0.2, 0.25) is 0 Å². The van der Waals surface area contributed by atoms with Crippen LogP contribution in [-0.2, 0) is 4.79 Å². The molecule has 2 rings (SSSR count). The van der Waals surface area contributed by atoms with Crippen LogP contribution in [0.5, 0.6) is 0 Å². The number of hydrogen-bond acceptors (Lipinski definition) is 2. The number of carbonyl (C=O) groups is 1. The number of nitrogens with one attached hydrogen (secondary N) is 1. The molecule has 1 aliphatic heterocycles. The fourth-order valence-corrected chi connectivity index (χ4v) is 2.36. The largest absolute Gasteiger partial charge is 0.336 e. The third-order valence-electron chi connectivity index (χ3n) is 3.74. The molecular formula is C14H18F2N2O. The Hall–Kier alpha value is -1.49. The Labute approximate surface area is 111 Å². The highest BCUT2D eigenvalue weighted by molar-refractivity contribution is 5.86. The SMILES string of the molecule is C[C@H](c1ccccc1F)N(C)C(=O)[C@@]1(F)CCNC1. The number of nitrogens with zero attached hydrogens (tertiary/aromatic N) is 1. The van der Waals surface area contributed by atoms with Crippen LogP contribution in [0.15, 0.2) is 24.3 Å². The number of benzene rings is 1. The van der Waals surface area contributed by atoms with Crippen molar-refractivity contribution in [2.75, 3.05) is 20.1 Å². The third-order valence-corrected chi connectivity index (χ3v) is 3.74. The summed E-state index contributed by atoms with van der Waals surface area (Å²) in [5.41, 5.74) is -1.47. The first-order valence-electron chi connectivity index (χ1n) is 6.37. The lowest BCUT2D eigenvalue weighted by molar-refractivity contribution is -0.143. The van der Waals surface area contributed by atoms with E-state index in [2.05, 4.69) is 5.32 Å². The van der Waals surface area contributed by atoms with Gasteiger partial charge in [0.25, 0.3) is 5.91 Å². The molecule has 0 aromatic heterocycles. The molecule has 0 bridgehead atoms. The van der Waals surface area contributed by atoms with E-state index in [9.17, 15) is 13.6 Å². The molecule has 0 saturated carbocycles. The van der Waals surface area contributed by atoms with Gasteiger partial charge in [0.1, 0.15) is 5.82 Å². The molecule has 1 saturated heterocycles. The Kier molecular flexibility index (Phi) is 3.85. The molecule has 1 amide bonds. The summed E-state index contributed by atoms with van der Waals surface area (Å²) in [5, 5.41) is 2.84. The van der Waals surface area contributed by atoms with Crippen molar-refractivity contribution >= 4 is 5.91 Å². The van der Waals surface area contributed by atoms with E-state index in [1.165, 1.54) is 18.0 Å². The van der Waals surface area contributed by atoms with Crippen molar-refractivity contribution in [2.24, 2.45) is 0 Å². The lowest BCUT2D eigenvalue weighted by Crippen LogP contribution is -2.46. The van der Waals surface area contributed by atoms with E-state index in [4.69, 9.17) is 0 Å². The molecule has 104 valence electrons. The summed E-state index contributed by atoms with van der Waals surface area (Å²) in [4.78, 5) is 13.5. The summed E-state index contributed by atoms with van der Waals surface area (Å²) < 4.78 is 28.1. The van der Waals surface area contributed by atoms with Crippen molar-refractivity contribution in [3.05, 3.63) is 35.6 Å². The fourth-order valence-electron chi connectivity index (χ4n) is 2.36. The van der Waals surface area contributed by atoms with Crippen LogP contribution < -0.4 is 5.32 Å². The zero-order valence-corrected chi connectivity index (χ0v) is 11.1. The molecule has 5 heteroatoms. The van der Waals surface area contributed by atoms with Gasteiger partial charge in [0.2, 0.25) is 5.67 Å². The lowest BCUT2D eigenvalue weighted by Gasteiger charge is -2.30. The van der Waals surface area contributed by atoms with E-state index >= 15 is 0 Å². The van der Waals surface area contributed by atoms with Gasteiger partial charge in [-0.05, 0) is 19.5 Å². The summed E-state index contributed by atoms with van der Waals surface area (Å²) in [7, 11) is 1.51. The number of carbonyl (C=O) groups excluding carboxylic acids is 1. The van der Waals surface area contributed by atoms with Gasteiger partial charge in [0.05, 0.1) is 6.04 Å². The van der Waals surface area contributed by atoms with Gasteiger partial charge < -0.3 is 10.2 Å². The first-order valence-corrected chi connectivity index (χ1v) is 6.37. The zero-order chi connectivity index (χ0) is 14.0. The van der Waals surface area contributed by atoms with Crippen LogP contribution in [0.25, 0.3) is 0 Å². The first-order chi connectivity index (χ1) is 8.96. The maximum atomic E-state index is 14.4. The topological polar surface area (TPSA) is 32.3 Å². The van der Waals surface area contributed by atoms with E-state index < -0.39 is 17.6 Å². The molecule has 3 nitrogen and oxygen atoms in total. The summed E-state index contributed by atoms with van der Waals surface area (Å²) in [6.45, 7) is 2.21. The second kappa shape index (κ2) is 5.25. The van der Waals surface area contributed by atoms with Crippen LogP contribution >= 0.6 is 0 Å². The Morgan fingerprint density at radius 1 is 1.47 bits per heavy atom. The Morgan fingerprint density at radius 2 is 2.16 bits per heavy atom. The predicted octanol–water partition coefficient (Wildman–Crippen LogP) is 2.05. The first kappa shape index (κ1) is 13.9. The van der Waals surface area contributed by atoms with Crippen molar-refractivity contribution in [1.82, 2.24) is 10.2 Å². The molecular weight excluding hydrogens is 250 g/mol. The fraction of sp³-hybridized carbons (Fsp3) is 0.500. The molecule has 1 heterocycles. The summed E-state index contributed by atoms with van der Waals surface area (Å²) in [6.07, 6.45) is 0.167. The van der Waals surface area contributed by atoms with Crippen molar-refractivity contribution < 1.29 is 13.6 Å². The van der Waals surface area contributed by atoms with Crippen molar-refractivity contribution in [3.8, 4) is 0 Å². The molecule has 0 aliphatic carbocycles. The molecule has 0 unspecified atom stereocenters. The molecule has 1 N–H and O–H groups in total. The van der Waals surface area contributed by atoms with Crippen LogP contribution in [0.3, 0.4) is 0 Å². The number of amides is 1. The summed E-state index contributed by atoms with van der Waals surface area (Å²) >= 11 is 0. The van der Waals surface area contributed by atoms with E-state index in [1.807, 2.05) is 0 Å². The van der Waals surface area contributed by atoms with Crippen LogP contribution in [-0.4, -0.2) is 36.6 Å². The second-order valence-electron chi connectivity index (χ2n) is 5.01. The number of alkyl halides is 1. The average molecular weight is 268 g/mol. The molecule has 1 aromatic carbocycles. The molecule has 0 radical (unpaired) electrons. The smallest absolute Gasteiger partial charge is 0.261 e. The maximum Gasteiger partial charge on any atom is 0.261 e. The Balaban J connectivity index is 2.17. The number of rotatable bonds is 3. The van der Waals surface area contributed by atoms with Crippen molar-refractivity contribution in [3.63, 3.8) is 0 Å². The van der Waals surface area contributed by atoms with Gasteiger partial charge in [-0.15, -0.1) is 0 Å². The van der Waals surface area contributed by atoms with Crippen LogP contribution in [0.4, 0.5) is 8.78 Å². The minimum atomic E-state index is -1.87. The average Bonchev–Trinajstić information content (AvgIpc) is 2.85. The minimum Gasteiger partial charge on any atom is -0.336 e.